The highest BCUT2D eigenvalue weighted by atomic mass is 16.1. The van der Waals surface area contributed by atoms with Gasteiger partial charge in [-0.05, 0) is 25.2 Å². The number of hydrogen-bond donors (Lipinski definition) is 0. The monoisotopic (exact) mass is 167 g/mol. The standard InChI is InChI=1S/C10H17NO/c1-8(4-5-11)6-9(2)7-10(3)12/h8-9H,4,6-7H2,1-3H3/t8-,9-/m1/s1. The average molecular weight is 167 g/mol. The Bertz CT molecular complexity index is 181. The smallest absolute Gasteiger partial charge is 0.130 e. The summed E-state index contributed by atoms with van der Waals surface area (Å²) in [5, 5.41) is 8.41. The molecule has 0 amide bonds. The minimum atomic E-state index is 0.242. The zero-order valence-electron chi connectivity index (χ0n) is 8.13. The van der Waals surface area contributed by atoms with Gasteiger partial charge in [0.15, 0.2) is 0 Å². The Morgan fingerprint density at radius 1 is 1.42 bits per heavy atom. The van der Waals surface area contributed by atoms with Crippen LogP contribution in [0.15, 0.2) is 0 Å². The van der Waals surface area contributed by atoms with Crippen molar-refractivity contribution in [3.05, 3.63) is 0 Å². The molecule has 0 rings (SSSR count). The highest BCUT2D eigenvalue weighted by molar-refractivity contribution is 5.75. The van der Waals surface area contributed by atoms with Gasteiger partial charge >= 0.3 is 0 Å². The van der Waals surface area contributed by atoms with E-state index in [-0.39, 0.29) is 5.78 Å². The van der Waals surface area contributed by atoms with Gasteiger partial charge in [0.2, 0.25) is 0 Å². The molecular formula is C10H17NO. The van der Waals surface area contributed by atoms with E-state index < -0.39 is 0 Å². The fourth-order valence-electron chi connectivity index (χ4n) is 1.50. The van der Waals surface area contributed by atoms with Crippen molar-refractivity contribution in [1.82, 2.24) is 0 Å². The van der Waals surface area contributed by atoms with Crippen molar-refractivity contribution in [3.63, 3.8) is 0 Å². The average Bonchev–Trinajstić information content (AvgIpc) is 1.84. The predicted octanol–water partition coefficient (Wildman–Crippen LogP) is 2.54. The van der Waals surface area contributed by atoms with Crippen LogP contribution in [0.3, 0.4) is 0 Å². The molecule has 2 nitrogen and oxygen atoms in total. The van der Waals surface area contributed by atoms with Crippen molar-refractivity contribution in [2.45, 2.75) is 40.0 Å². The van der Waals surface area contributed by atoms with Gasteiger partial charge < -0.3 is 4.79 Å². The van der Waals surface area contributed by atoms with Crippen LogP contribution in [0.5, 0.6) is 0 Å². The van der Waals surface area contributed by atoms with Gasteiger partial charge in [0, 0.05) is 12.8 Å². The third-order valence-electron chi connectivity index (χ3n) is 1.88. The first-order chi connectivity index (χ1) is 5.56. The second-order valence-electron chi connectivity index (χ2n) is 3.71. The Balaban J connectivity index is 3.62. The van der Waals surface area contributed by atoms with Crippen LogP contribution in [0.4, 0.5) is 0 Å². The second kappa shape index (κ2) is 5.77. The van der Waals surface area contributed by atoms with Crippen LogP contribution in [0, 0.1) is 23.2 Å². The molecule has 2 heteroatoms. The van der Waals surface area contributed by atoms with E-state index in [9.17, 15) is 4.79 Å². The molecule has 0 spiro atoms. The van der Waals surface area contributed by atoms with Crippen molar-refractivity contribution in [2.24, 2.45) is 11.8 Å². The molecule has 0 radical (unpaired) electrons. The topological polar surface area (TPSA) is 40.9 Å². The van der Waals surface area contributed by atoms with Crippen LogP contribution in [0.25, 0.3) is 0 Å². The molecule has 0 unspecified atom stereocenters. The summed E-state index contributed by atoms with van der Waals surface area (Å²) in [6.45, 7) is 5.74. The van der Waals surface area contributed by atoms with Crippen LogP contribution in [-0.2, 0) is 4.79 Å². The van der Waals surface area contributed by atoms with Gasteiger partial charge in [0.05, 0.1) is 6.07 Å². The Hall–Kier alpha value is -0.840. The van der Waals surface area contributed by atoms with Crippen molar-refractivity contribution >= 4 is 5.78 Å². The normalized spacial score (nSPS) is 14.8. The molecule has 0 aliphatic carbocycles. The van der Waals surface area contributed by atoms with Gasteiger partial charge in [-0.25, -0.2) is 0 Å². The molecule has 0 aliphatic rings. The first-order valence-electron chi connectivity index (χ1n) is 4.42. The molecule has 0 fully saturated rings. The third-order valence-corrected chi connectivity index (χ3v) is 1.88. The lowest BCUT2D eigenvalue weighted by atomic mass is 9.92. The van der Waals surface area contributed by atoms with Crippen LogP contribution >= 0.6 is 0 Å². The Kier molecular flexibility index (Phi) is 5.36. The number of hydrogen-bond acceptors (Lipinski definition) is 2. The van der Waals surface area contributed by atoms with Crippen molar-refractivity contribution < 1.29 is 4.79 Å². The summed E-state index contributed by atoms with van der Waals surface area (Å²) in [4.78, 5) is 10.7. The lowest BCUT2D eigenvalue weighted by molar-refractivity contribution is -0.117. The highest BCUT2D eigenvalue weighted by Gasteiger charge is 2.09. The van der Waals surface area contributed by atoms with Crippen LogP contribution < -0.4 is 0 Å². The number of nitriles is 1. The summed E-state index contributed by atoms with van der Waals surface area (Å²) in [7, 11) is 0. The SMILES string of the molecule is CC(=O)C[C@H](C)C[C@H](C)CC#N. The second-order valence-corrected chi connectivity index (χ2v) is 3.71. The molecule has 0 aromatic carbocycles. The molecule has 0 aliphatic heterocycles. The minimum Gasteiger partial charge on any atom is -0.300 e. The zero-order valence-corrected chi connectivity index (χ0v) is 8.13. The van der Waals surface area contributed by atoms with E-state index in [0.29, 0.717) is 24.7 Å². The van der Waals surface area contributed by atoms with Crippen LogP contribution in [0.1, 0.15) is 40.0 Å². The fourth-order valence-corrected chi connectivity index (χ4v) is 1.50. The maximum absolute atomic E-state index is 10.7. The number of nitrogens with zero attached hydrogens (tertiary/aromatic N) is 1. The number of ketones is 1. The van der Waals surface area contributed by atoms with Gasteiger partial charge in [-0.1, -0.05) is 13.8 Å². The van der Waals surface area contributed by atoms with Crippen LogP contribution in [0.2, 0.25) is 0 Å². The Morgan fingerprint density at radius 2 is 2.00 bits per heavy atom. The molecule has 0 saturated heterocycles. The molecule has 0 bridgehead atoms. The van der Waals surface area contributed by atoms with E-state index >= 15 is 0 Å². The number of Topliss-reactive ketones (excluding diaryl/α,β-unsaturated/α-hetero) is 1. The quantitative estimate of drug-likeness (QED) is 0.631. The first kappa shape index (κ1) is 11.2. The molecule has 68 valence electrons. The van der Waals surface area contributed by atoms with Gasteiger partial charge in [0.25, 0.3) is 0 Å². The fraction of sp³-hybridized carbons (Fsp3) is 0.800. The van der Waals surface area contributed by atoms with E-state index in [0.717, 1.165) is 6.42 Å². The van der Waals surface area contributed by atoms with E-state index in [1.165, 1.54) is 0 Å². The molecule has 0 aromatic rings. The maximum Gasteiger partial charge on any atom is 0.130 e. The van der Waals surface area contributed by atoms with Gasteiger partial charge in [-0.15, -0.1) is 0 Å². The van der Waals surface area contributed by atoms with Gasteiger partial charge in [-0.2, -0.15) is 5.26 Å². The van der Waals surface area contributed by atoms with Crippen LogP contribution in [-0.4, -0.2) is 5.78 Å². The minimum absolute atomic E-state index is 0.242. The summed E-state index contributed by atoms with van der Waals surface area (Å²) >= 11 is 0. The lowest BCUT2D eigenvalue weighted by Gasteiger charge is -2.12. The molecule has 0 saturated carbocycles. The largest absolute Gasteiger partial charge is 0.300 e. The van der Waals surface area contributed by atoms with E-state index in [4.69, 9.17) is 5.26 Å². The van der Waals surface area contributed by atoms with Crippen molar-refractivity contribution in [2.75, 3.05) is 0 Å². The molecule has 12 heavy (non-hydrogen) atoms. The molecular weight excluding hydrogens is 150 g/mol. The highest BCUT2D eigenvalue weighted by Crippen LogP contribution is 2.17. The van der Waals surface area contributed by atoms with E-state index in [2.05, 4.69) is 19.9 Å². The maximum atomic E-state index is 10.7. The summed E-state index contributed by atoms with van der Waals surface area (Å²) in [6.07, 6.45) is 2.23. The summed E-state index contributed by atoms with van der Waals surface area (Å²) in [5.41, 5.74) is 0. The van der Waals surface area contributed by atoms with Gasteiger partial charge in [0.1, 0.15) is 5.78 Å². The first-order valence-corrected chi connectivity index (χ1v) is 4.42. The number of carbonyl (C=O) groups excluding carboxylic acids is 1. The van der Waals surface area contributed by atoms with Gasteiger partial charge in [-0.3, -0.25) is 0 Å². The van der Waals surface area contributed by atoms with Crippen molar-refractivity contribution in [1.29, 1.82) is 5.26 Å². The summed E-state index contributed by atoms with van der Waals surface area (Å²) < 4.78 is 0. The Morgan fingerprint density at radius 3 is 2.42 bits per heavy atom. The van der Waals surface area contributed by atoms with E-state index in [1.54, 1.807) is 6.92 Å². The molecule has 0 heterocycles. The predicted molar refractivity (Wildman–Crippen MR) is 48.5 cm³/mol. The summed E-state index contributed by atoms with van der Waals surface area (Å²) in [5.74, 6) is 1.09. The lowest BCUT2D eigenvalue weighted by Crippen LogP contribution is -2.06. The number of rotatable bonds is 5. The zero-order chi connectivity index (χ0) is 9.56. The van der Waals surface area contributed by atoms with E-state index in [1.807, 2.05) is 0 Å². The molecule has 2 atom stereocenters. The third kappa shape index (κ3) is 5.91. The summed E-state index contributed by atoms with van der Waals surface area (Å²) in [6, 6.07) is 2.14. The van der Waals surface area contributed by atoms with Crippen molar-refractivity contribution in [3.8, 4) is 6.07 Å². The molecule has 0 aromatic heterocycles. The Labute approximate surface area is 74.6 Å². The number of carbonyl (C=O) groups is 1. The molecule has 0 N–H and O–H groups in total.